The van der Waals surface area contributed by atoms with Crippen molar-refractivity contribution in [3.8, 4) is 5.75 Å². The van der Waals surface area contributed by atoms with Gasteiger partial charge in [0.15, 0.2) is 0 Å². The molecule has 0 atom stereocenters. The van der Waals surface area contributed by atoms with Crippen LogP contribution in [0.1, 0.15) is 17.3 Å². The fourth-order valence-electron chi connectivity index (χ4n) is 0.947. The molecule has 0 saturated heterocycles. The standard InChI is InChI=1S/C8H9NO4S/c1-4(10)9-7-6(8(11)12)5(13-2)3-14-7/h3H,1-2H3,(H,9,10)(H,11,12). The van der Waals surface area contributed by atoms with Gasteiger partial charge in [0.1, 0.15) is 16.3 Å². The van der Waals surface area contributed by atoms with Crippen molar-refractivity contribution >= 4 is 28.2 Å². The molecule has 0 aromatic carbocycles. The van der Waals surface area contributed by atoms with Crippen molar-refractivity contribution in [2.75, 3.05) is 12.4 Å². The fraction of sp³-hybridized carbons (Fsp3) is 0.250. The summed E-state index contributed by atoms with van der Waals surface area (Å²) in [6.45, 7) is 1.32. The van der Waals surface area contributed by atoms with E-state index in [-0.39, 0.29) is 17.2 Å². The van der Waals surface area contributed by atoms with Gasteiger partial charge in [0, 0.05) is 12.3 Å². The van der Waals surface area contributed by atoms with Gasteiger partial charge in [0.05, 0.1) is 7.11 Å². The van der Waals surface area contributed by atoms with Gasteiger partial charge in [-0.2, -0.15) is 0 Å². The van der Waals surface area contributed by atoms with Gasteiger partial charge in [-0.05, 0) is 0 Å². The van der Waals surface area contributed by atoms with E-state index in [0.717, 1.165) is 11.3 Å². The molecular weight excluding hydrogens is 206 g/mol. The van der Waals surface area contributed by atoms with Gasteiger partial charge >= 0.3 is 5.97 Å². The Hall–Kier alpha value is -1.56. The first-order chi connectivity index (χ1) is 6.56. The lowest BCUT2D eigenvalue weighted by molar-refractivity contribution is -0.114. The molecule has 0 aliphatic carbocycles. The lowest BCUT2D eigenvalue weighted by atomic mass is 10.3. The van der Waals surface area contributed by atoms with Gasteiger partial charge < -0.3 is 15.2 Å². The number of carbonyl (C=O) groups is 2. The molecule has 1 amide bonds. The number of hydrogen-bond acceptors (Lipinski definition) is 4. The molecule has 6 heteroatoms. The number of amides is 1. The van der Waals surface area contributed by atoms with E-state index in [1.165, 1.54) is 19.4 Å². The summed E-state index contributed by atoms with van der Waals surface area (Å²) in [7, 11) is 1.38. The number of anilines is 1. The zero-order chi connectivity index (χ0) is 10.7. The van der Waals surface area contributed by atoms with E-state index in [4.69, 9.17) is 9.84 Å². The molecule has 1 heterocycles. The molecule has 2 N–H and O–H groups in total. The van der Waals surface area contributed by atoms with E-state index >= 15 is 0 Å². The van der Waals surface area contributed by atoms with Crippen molar-refractivity contribution in [1.82, 2.24) is 0 Å². The van der Waals surface area contributed by atoms with E-state index in [2.05, 4.69) is 5.32 Å². The number of aromatic carboxylic acids is 1. The number of carboxylic acids is 1. The van der Waals surface area contributed by atoms with E-state index in [1.807, 2.05) is 0 Å². The van der Waals surface area contributed by atoms with Crippen LogP contribution in [0.2, 0.25) is 0 Å². The third kappa shape index (κ3) is 2.02. The van der Waals surface area contributed by atoms with Gasteiger partial charge in [-0.25, -0.2) is 4.79 Å². The topological polar surface area (TPSA) is 75.6 Å². The third-order valence-corrected chi connectivity index (χ3v) is 2.35. The van der Waals surface area contributed by atoms with E-state index in [0.29, 0.717) is 5.00 Å². The van der Waals surface area contributed by atoms with Gasteiger partial charge in [0.2, 0.25) is 5.91 Å². The van der Waals surface area contributed by atoms with Crippen LogP contribution < -0.4 is 10.1 Å². The quantitative estimate of drug-likeness (QED) is 0.799. The Morgan fingerprint density at radius 1 is 1.57 bits per heavy atom. The molecule has 1 aromatic heterocycles. The second-order valence-electron chi connectivity index (χ2n) is 2.49. The van der Waals surface area contributed by atoms with Crippen molar-refractivity contribution in [2.24, 2.45) is 0 Å². The summed E-state index contributed by atoms with van der Waals surface area (Å²) in [4.78, 5) is 21.6. The molecule has 1 aromatic rings. The van der Waals surface area contributed by atoms with Gasteiger partial charge in [-0.1, -0.05) is 0 Å². The highest BCUT2D eigenvalue weighted by Gasteiger charge is 2.19. The SMILES string of the molecule is COc1csc(NC(C)=O)c1C(=O)O. The van der Waals surface area contributed by atoms with E-state index < -0.39 is 5.97 Å². The normalized spacial score (nSPS) is 9.57. The molecule has 1 rings (SSSR count). The van der Waals surface area contributed by atoms with Crippen LogP contribution >= 0.6 is 11.3 Å². The summed E-state index contributed by atoms with van der Waals surface area (Å²) in [6, 6.07) is 0. The van der Waals surface area contributed by atoms with Crippen LogP contribution in [-0.2, 0) is 4.79 Å². The van der Waals surface area contributed by atoms with Gasteiger partial charge in [-0.15, -0.1) is 11.3 Å². The van der Waals surface area contributed by atoms with Crippen molar-refractivity contribution in [1.29, 1.82) is 0 Å². The minimum Gasteiger partial charge on any atom is -0.495 e. The molecule has 0 fully saturated rings. The van der Waals surface area contributed by atoms with Gasteiger partial charge in [-0.3, -0.25) is 4.79 Å². The van der Waals surface area contributed by atoms with Crippen LogP contribution in [0.25, 0.3) is 0 Å². The number of methoxy groups -OCH3 is 1. The second kappa shape index (κ2) is 4.10. The Balaban J connectivity index is 3.10. The zero-order valence-electron chi connectivity index (χ0n) is 7.66. The van der Waals surface area contributed by atoms with E-state index in [9.17, 15) is 9.59 Å². The maximum absolute atomic E-state index is 10.8. The molecular formula is C8H9NO4S. The van der Waals surface area contributed by atoms with Crippen LogP contribution in [0.15, 0.2) is 5.38 Å². The first-order valence-corrected chi connectivity index (χ1v) is 4.60. The average Bonchev–Trinajstić information content (AvgIpc) is 2.46. The van der Waals surface area contributed by atoms with Gasteiger partial charge in [0.25, 0.3) is 0 Å². The molecule has 76 valence electrons. The monoisotopic (exact) mass is 215 g/mol. The smallest absolute Gasteiger partial charge is 0.342 e. The lowest BCUT2D eigenvalue weighted by Gasteiger charge is -2.01. The number of thiophene rings is 1. The Kier molecular flexibility index (Phi) is 3.08. The molecule has 0 aliphatic heterocycles. The van der Waals surface area contributed by atoms with Crippen LogP contribution in [0, 0.1) is 0 Å². The molecule has 0 saturated carbocycles. The zero-order valence-corrected chi connectivity index (χ0v) is 8.47. The molecule has 0 aliphatic rings. The first-order valence-electron chi connectivity index (χ1n) is 3.72. The Morgan fingerprint density at radius 3 is 2.64 bits per heavy atom. The summed E-state index contributed by atoms with van der Waals surface area (Å²) < 4.78 is 4.85. The highest BCUT2D eigenvalue weighted by Crippen LogP contribution is 2.33. The predicted octanol–water partition coefficient (Wildman–Crippen LogP) is 1.41. The lowest BCUT2D eigenvalue weighted by Crippen LogP contribution is -2.08. The summed E-state index contributed by atoms with van der Waals surface area (Å²) in [5, 5.41) is 13.1. The Labute approximate surface area is 84.3 Å². The Bertz CT molecular complexity index is 371. The molecule has 0 bridgehead atoms. The molecule has 0 radical (unpaired) electrons. The number of hydrogen-bond donors (Lipinski definition) is 2. The number of nitrogens with one attached hydrogen (secondary N) is 1. The number of carboxylic acid groups (broad SMARTS) is 1. The van der Waals surface area contributed by atoms with Crippen LogP contribution in [0.4, 0.5) is 5.00 Å². The Morgan fingerprint density at radius 2 is 2.21 bits per heavy atom. The molecule has 0 unspecified atom stereocenters. The highest BCUT2D eigenvalue weighted by molar-refractivity contribution is 7.15. The average molecular weight is 215 g/mol. The van der Waals surface area contributed by atoms with Crippen molar-refractivity contribution in [3.63, 3.8) is 0 Å². The number of carbonyl (C=O) groups excluding carboxylic acids is 1. The molecule has 14 heavy (non-hydrogen) atoms. The summed E-state index contributed by atoms with van der Waals surface area (Å²) in [5.41, 5.74) is -0.00676. The highest BCUT2D eigenvalue weighted by atomic mass is 32.1. The third-order valence-electron chi connectivity index (χ3n) is 1.48. The summed E-state index contributed by atoms with van der Waals surface area (Å²) in [6.07, 6.45) is 0. The number of rotatable bonds is 3. The van der Waals surface area contributed by atoms with Crippen LogP contribution in [0.3, 0.4) is 0 Å². The van der Waals surface area contributed by atoms with Crippen LogP contribution in [-0.4, -0.2) is 24.1 Å². The minimum atomic E-state index is -1.12. The fourth-order valence-corrected chi connectivity index (χ4v) is 1.89. The van der Waals surface area contributed by atoms with Crippen LogP contribution in [0.5, 0.6) is 5.75 Å². The molecule has 0 spiro atoms. The minimum absolute atomic E-state index is 0.00676. The maximum Gasteiger partial charge on any atom is 0.342 e. The van der Waals surface area contributed by atoms with E-state index in [1.54, 1.807) is 0 Å². The molecule has 5 nitrogen and oxygen atoms in total. The first kappa shape index (κ1) is 10.5. The largest absolute Gasteiger partial charge is 0.495 e. The predicted molar refractivity (Wildman–Crippen MR) is 52.1 cm³/mol. The maximum atomic E-state index is 10.8. The summed E-state index contributed by atoms with van der Waals surface area (Å²) in [5.74, 6) is -1.17. The number of ether oxygens (including phenoxy) is 1. The summed E-state index contributed by atoms with van der Waals surface area (Å²) >= 11 is 1.12. The van der Waals surface area contributed by atoms with Crippen molar-refractivity contribution in [3.05, 3.63) is 10.9 Å². The van der Waals surface area contributed by atoms with Crippen molar-refractivity contribution in [2.45, 2.75) is 6.92 Å². The second-order valence-corrected chi connectivity index (χ2v) is 3.37. The van der Waals surface area contributed by atoms with Crippen molar-refractivity contribution < 1.29 is 19.4 Å².